The van der Waals surface area contributed by atoms with Crippen LogP contribution in [0.15, 0.2) is 54.6 Å². The van der Waals surface area contributed by atoms with Gasteiger partial charge in [0.05, 0.1) is 5.92 Å². The standard InChI is InChI=1S/C20H21NO4/c22-19(15-8-9-16(12-15)20(23)24)21-13-14-6-10-18(11-7-14)25-17-4-2-1-3-5-17/h1-7,10-11,15-16H,8-9,12-13H2,(H,21,22)(H,23,24)/t15-,16+/m0/s1. The second kappa shape index (κ2) is 7.83. The van der Waals surface area contributed by atoms with Gasteiger partial charge in [0, 0.05) is 12.5 Å². The number of carbonyl (C=O) groups excluding carboxylic acids is 1. The van der Waals surface area contributed by atoms with Crippen molar-refractivity contribution >= 4 is 11.9 Å². The molecule has 1 aliphatic rings. The molecule has 2 aromatic carbocycles. The Morgan fingerprint density at radius 3 is 2.24 bits per heavy atom. The van der Waals surface area contributed by atoms with Crippen LogP contribution in [0.5, 0.6) is 11.5 Å². The van der Waals surface area contributed by atoms with Crippen molar-refractivity contribution < 1.29 is 19.4 Å². The third kappa shape index (κ3) is 4.59. The largest absolute Gasteiger partial charge is 0.481 e. The van der Waals surface area contributed by atoms with Crippen LogP contribution in [0.2, 0.25) is 0 Å². The number of rotatable bonds is 6. The lowest BCUT2D eigenvalue weighted by Gasteiger charge is -2.11. The van der Waals surface area contributed by atoms with Gasteiger partial charge in [0.2, 0.25) is 5.91 Å². The molecule has 0 radical (unpaired) electrons. The minimum atomic E-state index is -0.802. The Balaban J connectivity index is 1.49. The molecule has 0 bridgehead atoms. The maximum atomic E-state index is 12.2. The number of ether oxygens (including phenoxy) is 1. The van der Waals surface area contributed by atoms with Crippen LogP contribution in [0, 0.1) is 11.8 Å². The minimum absolute atomic E-state index is 0.0617. The average Bonchev–Trinajstić information content (AvgIpc) is 3.12. The fourth-order valence-corrected chi connectivity index (χ4v) is 3.08. The lowest BCUT2D eigenvalue weighted by molar-refractivity contribution is -0.141. The molecule has 0 aromatic heterocycles. The van der Waals surface area contributed by atoms with E-state index in [4.69, 9.17) is 9.84 Å². The van der Waals surface area contributed by atoms with Gasteiger partial charge in [-0.1, -0.05) is 30.3 Å². The molecule has 1 aliphatic carbocycles. The Morgan fingerprint density at radius 2 is 1.60 bits per heavy atom. The molecule has 1 amide bonds. The van der Waals surface area contributed by atoms with Crippen LogP contribution in [-0.4, -0.2) is 17.0 Å². The highest BCUT2D eigenvalue weighted by Crippen LogP contribution is 2.31. The molecular formula is C20H21NO4. The fourth-order valence-electron chi connectivity index (χ4n) is 3.08. The van der Waals surface area contributed by atoms with Crippen molar-refractivity contribution in [3.05, 3.63) is 60.2 Å². The van der Waals surface area contributed by atoms with Gasteiger partial charge in [0.1, 0.15) is 11.5 Å². The van der Waals surface area contributed by atoms with Crippen molar-refractivity contribution in [1.82, 2.24) is 5.32 Å². The van der Waals surface area contributed by atoms with E-state index in [1.54, 1.807) is 0 Å². The van der Waals surface area contributed by atoms with E-state index in [1.807, 2.05) is 54.6 Å². The smallest absolute Gasteiger partial charge is 0.306 e. The topological polar surface area (TPSA) is 75.6 Å². The number of aliphatic carboxylic acids is 1. The average molecular weight is 339 g/mol. The van der Waals surface area contributed by atoms with Crippen LogP contribution in [0.25, 0.3) is 0 Å². The van der Waals surface area contributed by atoms with E-state index < -0.39 is 5.97 Å². The summed E-state index contributed by atoms with van der Waals surface area (Å²) in [4.78, 5) is 23.1. The van der Waals surface area contributed by atoms with Crippen molar-refractivity contribution in [2.75, 3.05) is 0 Å². The molecule has 0 aliphatic heterocycles. The van der Waals surface area contributed by atoms with Gasteiger partial charge in [-0.15, -0.1) is 0 Å². The first-order valence-electron chi connectivity index (χ1n) is 8.44. The van der Waals surface area contributed by atoms with Gasteiger partial charge in [-0.25, -0.2) is 0 Å². The molecule has 0 saturated heterocycles. The van der Waals surface area contributed by atoms with Gasteiger partial charge in [-0.2, -0.15) is 0 Å². The Hall–Kier alpha value is -2.82. The van der Waals surface area contributed by atoms with E-state index >= 15 is 0 Å². The zero-order chi connectivity index (χ0) is 17.6. The van der Waals surface area contributed by atoms with Gasteiger partial charge in [-0.05, 0) is 49.1 Å². The SMILES string of the molecule is O=C(O)[C@@H]1CC[C@H](C(=O)NCc2ccc(Oc3ccccc3)cc2)C1. The minimum Gasteiger partial charge on any atom is -0.481 e. The van der Waals surface area contributed by atoms with Crippen LogP contribution in [-0.2, 0) is 16.1 Å². The summed E-state index contributed by atoms with van der Waals surface area (Å²) in [5, 5.41) is 11.9. The second-order valence-electron chi connectivity index (χ2n) is 6.32. The Morgan fingerprint density at radius 1 is 0.960 bits per heavy atom. The van der Waals surface area contributed by atoms with Crippen molar-refractivity contribution in [3.8, 4) is 11.5 Å². The van der Waals surface area contributed by atoms with Gasteiger partial charge in [0.25, 0.3) is 0 Å². The van der Waals surface area contributed by atoms with E-state index in [9.17, 15) is 9.59 Å². The highest BCUT2D eigenvalue weighted by atomic mass is 16.5. The summed E-state index contributed by atoms with van der Waals surface area (Å²) in [5.41, 5.74) is 0.974. The maximum Gasteiger partial charge on any atom is 0.306 e. The third-order valence-corrected chi connectivity index (χ3v) is 4.52. The van der Waals surface area contributed by atoms with Crippen molar-refractivity contribution in [2.24, 2.45) is 11.8 Å². The van der Waals surface area contributed by atoms with E-state index in [0.29, 0.717) is 25.8 Å². The van der Waals surface area contributed by atoms with Crippen LogP contribution in [0.4, 0.5) is 0 Å². The predicted octanol–water partition coefficient (Wildman–Crippen LogP) is 3.60. The lowest BCUT2D eigenvalue weighted by atomic mass is 10.0. The van der Waals surface area contributed by atoms with E-state index in [2.05, 4.69) is 5.32 Å². The monoisotopic (exact) mass is 339 g/mol. The molecule has 5 nitrogen and oxygen atoms in total. The first kappa shape index (κ1) is 17.0. The highest BCUT2D eigenvalue weighted by Gasteiger charge is 2.33. The summed E-state index contributed by atoms with van der Waals surface area (Å²) in [6.07, 6.45) is 1.66. The molecule has 1 saturated carbocycles. The lowest BCUT2D eigenvalue weighted by Crippen LogP contribution is -2.29. The van der Waals surface area contributed by atoms with Crippen molar-refractivity contribution in [1.29, 1.82) is 0 Å². The maximum absolute atomic E-state index is 12.2. The zero-order valence-corrected chi connectivity index (χ0v) is 13.9. The molecule has 25 heavy (non-hydrogen) atoms. The third-order valence-electron chi connectivity index (χ3n) is 4.52. The summed E-state index contributed by atoms with van der Waals surface area (Å²) >= 11 is 0. The predicted molar refractivity (Wildman–Crippen MR) is 93.3 cm³/mol. The molecular weight excluding hydrogens is 318 g/mol. The van der Waals surface area contributed by atoms with Gasteiger partial charge in [-0.3, -0.25) is 9.59 Å². The van der Waals surface area contributed by atoms with Crippen LogP contribution in [0.1, 0.15) is 24.8 Å². The van der Waals surface area contributed by atoms with E-state index in [1.165, 1.54) is 0 Å². The number of carbonyl (C=O) groups is 2. The molecule has 3 rings (SSSR count). The summed E-state index contributed by atoms with van der Waals surface area (Å²) in [6.45, 7) is 0.429. The van der Waals surface area contributed by atoms with Gasteiger partial charge in [0.15, 0.2) is 0 Å². The summed E-state index contributed by atoms with van der Waals surface area (Å²) in [5.74, 6) is 0.0729. The second-order valence-corrected chi connectivity index (χ2v) is 6.32. The number of amides is 1. The number of hydrogen-bond donors (Lipinski definition) is 2. The first-order valence-corrected chi connectivity index (χ1v) is 8.44. The van der Waals surface area contributed by atoms with Gasteiger partial charge >= 0.3 is 5.97 Å². The molecule has 2 N–H and O–H groups in total. The molecule has 2 aromatic rings. The quantitative estimate of drug-likeness (QED) is 0.843. The van der Waals surface area contributed by atoms with Crippen LogP contribution >= 0.6 is 0 Å². The molecule has 5 heteroatoms. The number of carboxylic acid groups (broad SMARTS) is 1. The number of para-hydroxylation sites is 1. The first-order chi connectivity index (χ1) is 12.1. The van der Waals surface area contributed by atoms with Crippen molar-refractivity contribution in [3.63, 3.8) is 0 Å². The molecule has 130 valence electrons. The van der Waals surface area contributed by atoms with E-state index in [0.717, 1.165) is 17.1 Å². The molecule has 0 spiro atoms. The number of benzene rings is 2. The molecule has 0 unspecified atom stereocenters. The number of hydrogen-bond acceptors (Lipinski definition) is 3. The summed E-state index contributed by atoms with van der Waals surface area (Å²) in [7, 11) is 0. The summed E-state index contributed by atoms with van der Waals surface area (Å²) in [6, 6.07) is 17.1. The van der Waals surface area contributed by atoms with Crippen molar-refractivity contribution in [2.45, 2.75) is 25.8 Å². The summed E-state index contributed by atoms with van der Waals surface area (Å²) < 4.78 is 5.73. The van der Waals surface area contributed by atoms with Gasteiger partial charge < -0.3 is 15.2 Å². The van der Waals surface area contributed by atoms with E-state index in [-0.39, 0.29) is 17.7 Å². The Bertz CT molecular complexity index is 727. The Labute approximate surface area is 146 Å². The number of carboxylic acids is 1. The molecule has 0 heterocycles. The normalized spacial score (nSPS) is 19.4. The molecule has 2 atom stereocenters. The zero-order valence-electron chi connectivity index (χ0n) is 13.9. The number of nitrogens with one attached hydrogen (secondary N) is 1. The molecule has 1 fully saturated rings. The fraction of sp³-hybridized carbons (Fsp3) is 0.300. The van der Waals surface area contributed by atoms with Crippen LogP contribution in [0.3, 0.4) is 0 Å². The highest BCUT2D eigenvalue weighted by molar-refractivity contribution is 5.80. The Kier molecular flexibility index (Phi) is 5.33. The van der Waals surface area contributed by atoms with Crippen LogP contribution < -0.4 is 10.1 Å².